The number of fused-ring (bicyclic) bond motifs is 1. The third-order valence-electron chi connectivity index (χ3n) is 5.34. The Balaban J connectivity index is 2.02. The van der Waals surface area contributed by atoms with Crippen LogP contribution in [0.4, 0.5) is 22.0 Å². The lowest BCUT2D eigenvalue weighted by Crippen LogP contribution is -2.35. The molecule has 0 aliphatic carbocycles. The molecule has 0 radical (unpaired) electrons. The summed E-state index contributed by atoms with van der Waals surface area (Å²) in [6.45, 7) is 5.10. The predicted molar refractivity (Wildman–Crippen MR) is 131 cm³/mol. The van der Waals surface area contributed by atoms with Gasteiger partial charge in [0.2, 0.25) is 0 Å². The summed E-state index contributed by atoms with van der Waals surface area (Å²) in [4.78, 5) is 1.55. The molecule has 2 aromatic rings. The Morgan fingerprint density at radius 1 is 1.11 bits per heavy atom. The van der Waals surface area contributed by atoms with Crippen molar-refractivity contribution in [1.82, 2.24) is 4.90 Å². The average Bonchev–Trinajstić information content (AvgIpc) is 3.14. The number of alkyl halides is 5. The molecule has 1 fully saturated rings. The number of halogens is 6. The summed E-state index contributed by atoms with van der Waals surface area (Å²) in [6, 6.07) is 3.38. The fourth-order valence-electron chi connectivity index (χ4n) is 3.72. The fourth-order valence-corrected chi connectivity index (χ4v) is 7.74. The van der Waals surface area contributed by atoms with Crippen molar-refractivity contribution < 1.29 is 45.0 Å². The van der Waals surface area contributed by atoms with Gasteiger partial charge >= 0.3 is 19.4 Å². The zero-order valence-electron chi connectivity index (χ0n) is 19.8. The lowest BCUT2D eigenvalue weighted by atomic mass is 10.1. The minimum atomic E-state index is -4.87. The molecule has 1 aromatic carbocycles. The molecular weight excluding hydrogens is 596 g/mol. The highest BCUT2D eigenvalue weighted by Gasteiger charge is 2.57. The summed E-state index contributed by atoms with van der Waals surface area (Å²) < 4.78 is 103. The largest absolute Gasteiger partial charge is 0.492 e. The third kappa shape index (κ3) is 6.98. The quantitative estimate of drug-likeness (QED) is 0.138. The van der Waals surface area contributed by atoms with E-state index in [-0.39, 0.29) is 36.5 Å². The van der Waals surface area contributed by atoms with Crippen LogP contribution in [0.3, 0.4) is 0 Å². The van der Waals surface area contributed by atoms with Gasteiger partial charge in [0, 0.05) is 35.9 Å². The number of hydrogen-bond acceptors (Lipinski definition) is 7. The average molecular weight is 624 g/mol. The van der Waals surface area contributed by atoms with Gasteiger partial charge in [0.25, 0.3) is 0 Å². The summed E-state index contributed by atoms with van der Waals surface area (Å²) in [5.41, 5.74) is -3.24. The maximum atomic E-state index is 15.6. The summed E-state index contributed by atoms with van der Waals surface area (Å²) in [6.07, 6.45) is -5.62. The molecule has 36 heavy (non-hydrogen) atoms. The molecule has 0 bridgehead atoms. The predicted octanol–water partition coefficient (Wildman–Crippen LogP) is 7.53. The molecule has 0 N–H and O–H groups in total. The Hall–Kier alpha value is -0.820. The van der Waals surface area contributed by atoms with Gasteiger partial charge in [0.05, 0.1) is 37.7 Å². The lowest BCUT2D eigenvalue weighted by Gasteiger charge is -2.26. The molecule has 2 heterocycles. The lowest BCUT2D eigenvalue weighted by molar-refractivity contribution is -0.136. The van der Waals surface area contributed by atoms with Gasteiger partial charge in [0.1, 0.15) is 10.6 Å². The summed E-state index contributed by atoms with van der Waals surface area (Å²) in [7, 11) is -4.87. The van der Waals surface area contributed by atoms with Crippen molar-refractivity contribution in [1.29, 1.82) is 0 Å². The van der Waals surface area contributed by atoms with Gasteiger partial charge in [-0.3, -0.25) is 9.46 Å². The molecule has 1 saturated heterocycles. The van der Waals surface area contributed by atoms with Crippen LogP contribution in [0.25, 0.3) is 10.1 Å². The minimum Gasteiger partial charge on any atom is -0.492 e. The molecule has 0 unspecified atom stereocenters. The van der Waals surface area contributed by atoms with E-state index in [1.165, 1.54) is 13.8 Å². The van der Waals surface area contributed by atoms with Gasteiger partial charge < -0.3 is 18.5 Å². The van der Waals surface area contributed by atoms with Crippen molar-refractivity contribution in [2.75, 3.05) is 46.1 Å². The number of morpholine rings is 1. The molecule has 0 atom stereocenters. The normalized spacial score (nSPS) is 16.1. The maximum absolute atomic E-state index is 15.6. The van der Waals surface area contributed by atoms with E-state index < -0.39 is 30.7 Å². The van der Waals surface area contributed by atoms with Gasteiger partial charge in [-0.1, -0.05) is 0 Å². The first-order valence-electron chi connectivity index (χ1n) is 11.4. The van der Waals surface area contributed by atoms with Gasteiger partial charge in [-0.25, -0.2) is 0 Å². The number of thiophene rings is 1. The number of nitrogens with zero attached hydrogens (tertiary/aromatic N) is 1. The molecule has 1 aliphatic heterocycles. The third-order valence-corrected chi connectivity index (χ3v) is 9.98. The monoisotopic (exact) mass is 623 g/mol. The summed E-state index contributed by atoms with van der Waals surface area (Å²) >= 11 is 3.89. The Bertz CT molecular complexity index is 1070. The van der Waals surface area contributed by atoms with E-state index in [0.29, 0.717) is 54.3 Å². The number of benzene rings is 1. The molecule has 14 heteroatoms. The first-order chi connectivity index (χ1) is 16.9. The molecule has 0 amide bonds. The molecule has 3 rings (SSSR count). The second-order valence-electron chi connectivity index (χ2n) is 8.05. The molecule has 0 saturated carbocycles. The van der Waals surface area contributed by atoms with Gasteiger partial charge in [-0.2, -0.15) is 22.0 Å². The number of ether oxygens (including phenoxy) is 2. The zero-order chi connectivity index (χ0) is 26.6. The highest BCUT2D eigenvalue weighted by molar-refractivity contribution is 9.10. The van der Waals surface area contributed by atoms with E-state index in [0.717, 1.165) is 5.56 Å². The van der Waals surface area contributed by atoms with E-state index in [2.05, 4.69) is 20.8 Å². The van der Waals surface area contributed by atoms with Gasteiger partial charge in [0.15, 0.2) is 0 Å². The van der Waals surface area contributed by atoms with Crippen LogP contribution in [0.2, 0.25) is 0 Å². The molecule has 0 spiro atoms. The molecule has 6 nitrogen and oxygen atoms in total. The second-order valence-corrected chi connectivity index (χ2v) is 11.9. The molecule has 1 aliphatic rings. The van der Waals surface area contributed by atoms with Crippen LogP contribution in [-0.4, -0.2) is 57.2 Å². The Kier molecular flexibility index (Phi) is 10.2. The van der Waals surface area contributed by atoms with Crippen molar-refractivity contribution in [3.05, 3.63) is 27.0 Å². The Morgan fingerprint density at radius 2 is 1.75 bits per heavy atom. The smallest absolute Gasteiger partial charge is 0.405 e. The van der Waals surface area contributed by atoms with Gasteiger partial charge in [-0.15, -0.1) is 11.3 Å². The highest BCUT2D eigenvalue weighted by Crippen LogP contribution is 2.69. The van der Waals surface area contributed by atoms with E-state index in [4.69, 9.17) is 18.5 Å². The minimum absolute atomic E-state index is 0.0103. The molecule has 204 valence electrons. The van der Waals surface area contributed by atoms with Crippen LogP contribution in [0, 0.1) is 0 Å². The topological polar surface area (TPSA) is 57.2 Å². The highest BCUT2D eigenvalue weighted by atomic mass is 79.9. The standard InChI is InChI=1S/C22H28BrF5NO5PS/c1-3-33-35(30,34-4-2)22(27,28)20-18(23)16-12-15(14-29-7-10-31-11-8-29)13-17(19(16)36-20)32-9-5-6-21(24,25)26/h12-13H,3-11,14H2,1-2H3. The van der Waals surface area contributed by atoms with Crippen molar-refractivity contribution in [2.24, 2.45) is 0 Å². The second kappa shape index (κ2) is 12.4. The van der Waals surface area contributed by atoms with E-state index in [9.17, 15) is 17.7 Å². The van der Waals surface area contributed by atoms with Crippen molar-refractivity contribution in [3.8, 4) is 5.75 Å². The van der Waals surface area contributed by atoms with Crippen molar-refractivity contribution >= 4 is 44.9 Å². The maximum Gasteiger partial charge on any atom is 0.405 e. The van der Waals surface area contributed by atoms with Crippen LogP contribution >= 0.6 is 34.9 Å². The van der Waals surface area contributed by atoms with Crippen LogP contribution in [0.1, 0.15) is 37.1 Å². The van der Waals surface area contributed by atoms with E-state index >= 15 is 8.78 Å². The Labute approximate surface area is 218 Å². The zero-order valence-corrected chi connectivity index (χ0v) is 23.1. The molecule has 1 aromatic heterocycles. The van der Waals surface area contributed by atoms with E-state index in [1.54, 1.807) is 12.1 Å². The van der Waals surface area contributed by atoms with Crippen LogP contribution in [0.5, 0.6) is 5.75 Å². The van der Waals surface area contributed by atoms with E-state index in [1.807, 2.05) is 0 Å². The summed E-state index contributed by atoms with van der Waals surface area (Å²) in [5.74, 6) is 0.188. The fraction of sp³-hybridized carbons (Fsp3) is 0.636. The van der Waals surface area contributed by atoms with Gasteiger partial charge in [-0.05, 0) is 53.9 Å². The number of rotatable bonds is 12. The van der Waals surface area contributed by atoms with Crippen LogP contribution in [0.15, 0.2) is 16.6 Å². The SMILES string of the molecule is CCOP(=O)(OCC)C(F)(F)c1sc2c(OCCCC(F)(F)F)cc(CN3CCOCC3)cc2c1Br. The van der Waals surface area contributed by atoms with Crippen molar-refractivity contribution in [2.45, 2.75) is 45.1 Å². The summed E-state index contributed by atoms with van der Waals surface area (Å²) in [5, 5.41) is 0.380. The number of hydrogen-bond donors (Lipinski definition) is 0. The first kappa shape index (κ1) is 29.7. The van der Waals surface area contributed by atoms with Crippen LogP contribution in [-0.2, 0) is 30.6 Å². The van der Waals surface area contributed by atoms with Crippen molar-refractivity contribution in [3.63, 3.8) is 0 Å². The first-order valence-corrected chi connectivity index (χ1v) is 14.6. The van der Waals surface area contributed by atoms with Crippen LogP contribution < -0.4 is 4.74 Å². The molecular formula is C22H28BrF5NO5PS. The Morgan fingerprint density at radius 3 is 2.33 bits per heavy atom.